The number of carbonyl (C=O) groups excluding carboxylic acids is 1. The van der Waals surface area contributed by atoms with Crippen molar-refractivity contribution in [3.8, 4) is 0 Å². The van der Waals surface area contributed by atoms with Gasteiger partial charge in [0.05, 0.1) is 0 Å². The molecular weight excluding hydrogens is 241 g/mol. The molecule has 0 saturated heterocycles. The van der Waals surface area contributed by atoms with Gasteiger partial charge in [0.2, 0.25) is 0 Å². The van der Waals surface area contributed by atoms with Crippen molar-refractivity contribution in [3.63, 3.8) is 0 Å². The molecule has 0 aromatic carbocycles. The van der Waals surface area contributed by atoms with Crippen molar-refractivity contribution in [2.45, 2.75) is 32.9 Å². The van der Waals surface area contributed by atoms with Crippen molar-refractivity contribution < 1.29 is 18.0 Å². The summed E-state index contributed by atoms with van der Waals surface area (Å²) < 4.78 is 36.8. The zero-order valence-corrected chi connectivity index (χ0v) is 9.90. The topological polar surface area (TPSA) is 17.1 Å². The van der Waals surface area contributed by atoms with Crippen molar-refractivity contribution in [2.75, 3.05) is 0 Å². The third-order valence-corrected chi connectivity index (χ3v) is 3.82. The van der Waals surface area contributed by atoms with Crippen molar-refractivity contribution >= 4 is 17.9 Å². The van der Waals surface area contributed by atoms with Gasteiger partial charge in [-0.3, -0.25) is 0 Å². The average molecular weight is 255 g/mol. The summed E-state index contributed by atoms with van der Waals surface area (Å²) in [6.45, 7) is 3.61. The minimum atomic E-state index is -4.49. The number of halogens is 4. The molecule has 1 aliphatic rings. The third kappa shape index (κ3) is 2.59. The third-order valence-electron chi connectivity index (χ3n) is 3.48. The fraction of sp³-hybridized carbons (Fsp3) is 0.727. The van der Waals surface area contributed by atoms with E-state index < -0.39 is 16.6 Å². The largest absolute Gasteiger partial charge is 0.426 e. The fourth-order valence-electron chi connectivity index (χ4n) is 2.19. The maximum atomic E-state index is 12.3. The number of hydrogen-bond acceptors (Lipinski definition) is 1. The Hall–Kier alpha value is -0.510. The Kier molecular flexibility index (Phi) is 3.72. The Morgan fingerprint density at radius 2 is 1.81 bits per heavy atom. The maximum absolute atomic E-state index is 12.3. The molecule has 92 valence electrons. The van der Waals surface area contributed by atoms with E-state index in [0.29, 0.717) is 12.8 Å². The lowest BCUT2D eigenvalue weighted by atomic mass is 9.76. The highest BCUT2D eigenvalue weighted by Crippen LogP contribution is 2.48. The maximum Gasteiger partial charge on any atom is 0.426 e. The van der Waals surface area contributed by atoms with Gasteiger partial charge in [0.15, 0.2) is 0 Å². The van der Waals surface area contributed by atoms with Crippen LogP contribution in [0.2, 0.25) is 0 Å². The Morgan fingerprint density at radius 3 is 2.19 bits per heavy atom. The van der Waals surface area contributed by atoms with Crippen LogP contribution >= 0.6 is 11.6 Å². The predicted octanol–water partition coefficient (Wildman–Crippen LogP) is 3.92. The number of allylic oxidation sites excluding steroid dienone is 2. The predicted molar refractivity (Wildman–Crippen MR) is 56.1 cm³/mol. The molecule has 0 aliphatic heterocycles. The van der Waals surface area contributed by atoms with Gasteiger partial charge >= 0.3 is 6.18 Å². The van der Waals surface area contributed by atoms with E-state index >= 15 is 0 Å². The molecule has 1 fully saturated rings. The molecule has 2 unspecified atom stereocenters. The molecule has 1 nitrogen and oxygen atoms in total. The van der Waals surface area contributed by atoms with Gasteiger partial charge in [-0.2, -0.15) is 13.2 Å². The van der Waals surface area contributed by atoms with E-state index in [1.165, 1.54) is 0 Å². The molecule has 1 rings (SSSR count). The second kappa shape index (κ2) is 4.40. The van der Waals surface area contributed by atoms with E-state index in [-0.39, 0.29) is 11.8 Å². The van der Waals surface area contributed by atoms with Crippen LogP contribution in [0.5, 0.6) is 0 Å². The van der Waals surface area contributed by atoms with E-state index in [9.17, 15) is 18.0 Å². The van der Waals surface area contributed by atoms with E-state index in [1.54, 1.807) is 13.8 Å². The molecule has 5 heteroatoms. The smallest absolute Gasteiger partial charge is 0.303 e. The average Bonchev–Trinajstić information content (AvgIpc) is 2.40. The quantitative estimate of drug-likeness (QED) is 0.683. The zero-order chi connectivity index (χ0) is 12.6. The summed E-state index contributed by atoms with van der Waals surface area (Å²) in [5.41, 5.74) is -0.451. The summed E-state index contributed by atoms with van der Waals surface area (Å²) in [5, 5.41) is -1.09. The monoisotopic (exact) mass is 254 g/mol. The molecule has 0 bridgehead atoms. The summed E-state index contributed by atoms with van der Waals surface area (Å²) in [4.78, 5) is 10.8. The van der Waals surface area contributed by atoms with E-state index in [0.717, 1.165) is 12.4 Å². The number of carbonyl (C=O) groups is 1. The van der Waals surface area contributed by atoms with Crippen LogP contribution in [0.25, 0.3) is 0 Å². The van der Waals surface area contributed by atoms with Gasteiger partial charge in [0.1, 0.15) is 11.3 Å². The fourth-order valence-corrected chi connectivity index (χ4v) is 2.34. The molecule has 0 radical (unpaired) electrons. The molecule has 1 aliphatic carbocycles. The van der Waals surface area contributed by atoms with Crippen molar-refractivity contribution in [1.82, 2.24) is 0 Å². The van der Waals surface area contributed by atoms with Gasteiger partial charge < -0.3 is 4.79 Å². The summed E-state index contributed by atoms with van der Waals surface area (Å²) in [5.74, 6) is -0.483. The van der Waals surface area contributed by atoms with Gasteiger partial charge in [0, 0.05) is 5.92 Å². The highest BCUT2D eigenvalue weighted by atomic mass is 35.5. The van der Waals surface area contributed by atoms with Gasteiger partial charge in [-0.15, -0.1) is 0 Å². The molecule has 16 heavy (non-hydrogen) atoms. The molecule has 0 amide bonds. The van der Waals surface area contributed by atoms with Crippen LogP contribution in [0, 0.1) is 17.3 Å². The van der Waals surface area contributed by atoms with Gasteiger partial charge in [-0.05, 0) is 24.2 Å². The van der Waals surface area contributed by atoms with E-state index in [4.69, 9.17) is 11.6 Å². The van der Waals surface area contributed by atoms with Crippen LogP contribution in [0.15, 0.2) is 11.1 Å². The van der Waals surface area contributed by atoms with E-state index in [1.807, 2.05) is 0 Å². The van der Waals surface area contributed by atoms with Crippen LogP contribution in [-0.4, -0.2) is 12.5 Å². The lowest BCUT2D eigenvalue weighted by Gasteiger charge is -2.28. The Morgan fingerprint density at radius 1 is 1.31 bits per heavy atom. The minimum absolute atomic E-state index is 0.188. The second-order valence-corrected chi connectivity index (χ2v) is 5.17. The van der Waals surface area contributed by atoms with Crippen LogP contribution in [-0.2, 0) is 4.79 Å². The summed E-state index contributed by atoms with van der Waals surface area (Å²) in [6, 6.07) is 0. The van der Waals surface area contributed by atoms with Crippen LogP contribution < -0.4 is 0 Å². The molecule has 0 spiro atoms. The molecule has 2 atom stereocenters. The summed E-state index contributed by atoms with van der Waals surface area (Å²) in [6.07, 6.45) is -1.42. The van der Waals surface area contributed by atoms with Crippen molar-refractivity contribution in [3.05, 3.63) is 11.1 Å². The summed E-state index contributed by atoms with van der Waals surface area (Å²) in [7, 11) is 0. The van der Waals surface area contributed by atoms with Crippen molar-refractivity contribution in [1.29, 1.82) is 0 Å². The lowest BCUT2D eigenvalue weighted by Crippen LogP contribution is -2.25. The molecule has 0 aromatic rings. The molecule has 0 N–H and O–H groups in total. The lowest BCUT2D eigenvalue weighted by molar-refractivity contribution is -0.113. The van der Waals surface area contributed by atoms with Crippen LogP contribution in [0.1, 0.15) is 26.7 Å². The van der Waals surface area contributed by atoms with Crippen molar-refractivity contribution in [2.24, 2.45) is 17.3 Å². The first kappa shape index (κ1) is 13.6. The highest BCUT2D eigenvalue weighted by Gasteiger charge is 2.43. The number of hydrogen-bond donors (Lipinski definition) is 0. The van der Waals surface area contributed by atoms with Gasteiger partial charge in [0.25, 0.3) is 0 Å². The van der Waals surface area contributed by atoms with Crippen LogP contribution in [0.3, 0.4) is 0 Å². The zero-order valence-electron chi connectivity index (χ0n) is 9.14. The van der Waals surface area contributed by atoms with Gasteiger partial charge in [-0.25, -0.2) is 0 Å². The minimum Gasteiger partial charge on any atom is -0.303 e. The number of rotatable bonds is 2. The first-order chi connectivity index (χ1) is 7.19. The molecule has 0 heterocycles. The molecule has 1 saturated carbocycles. The Bertz CT molecular complexity index is 307. The number of alkyl halides is 3. The Balaban J connectivity index is 2.89. The first-order valence-corrected chi connectivity index (χ1v) is 5.47. The molecule has 0 aromatic heterocycles. The van der Waals surface area contributed by atoms with Crippen LogP contribution in [0.4, 0.5) is 13.2 Å². The second-order valence-electron chi connectivity index (χ2n) is 4.76. The first-order valence-electron chi connectivity index (χ1n) is 5.09. The summed E-state index contributed by atoms with van der Waals surface area (Å²) >= 11 is 5.20. The van der Waals surface area contributed by atoms with Gasteiger partial charge in [-0.1, -0.05) is 31.5 Å². The SMILES string of the molecule is CC1(C)C(C=O)CCC1/C=C(\Cl)C(F)(F)F. The van der Waals surface area contributed by atoms with E-state index in [2.05, 4.69) is 0 Å². The highest BCUT2D eigenvalue weighted by molar-refractivity contribution is 6.30. The Labute approximate surface area is 97.7 Å². The normalized spacial score (nSPS) is 30.5. The number of aldehydes is 1. The molecular formula is C11H14ClF3O. The standard InChI is InChI=1S/C11H14ClF3O/c1-10(2)7(3-4-8(10)6-16)5-9(12)11(13,14)15/h5-8H,3-4H2,1-2H3/b9-5-.